The van der Waals surface area contributed by atoms with Crippen molar-refractivity contribution in [1.29, 1.82) is 0 Å². The van der Waals surface area contributed by atoms with Crippen molar-refractivity contribution < 1.29 is 9.59 Å². The van der Waals surface area contributed by atoms with Crippen molar-refractivity contribution in [3.63, 3.8) is 0 Å². The lowest BCUT2D eigenvalue weighted by atomic mass is 10.0. The maximum atomic E-state index is 13.5. The van der Waals surface area contributed by atoms with E-state index in [-0.39, 0.29) is 5.78 Å². The van der Waals surface area contributed by atoms with Crippen LogP contribution in [0, 0.1) is 0 Å². The van der Waals surface area contributed by atoms with Crippen molar-refractivity contribution in [2.75, 3.05) is 42.9 Å². The number of nitrogens with zero attached hydrogens (tertiary/aromatic N) is 2. The van der Waals surface area contributed by atoms with Crippen LogP contribution in [0.2, 0.25) is 5.02 Å². The van der Waals surface area contributed by atoms with Crippen LogP contribution in [-0.4, -0.2) is 55.4 Å². The van der Waals surface area contributed by atoms with Gasteiger partial charge in [0, 0.05) is 54.7 Å². The SMILES string of the molecule is NC(=O)c1ccccc1NCC(C(=O)c1cccc(Cl)c1)N1CCN(c2ccccc2)CC1. The summed E-state index contributed by atoms with van der Waals surface area (Å²) in [6.45, 7) is 3.47. The minimum absolute atomic E-state index is 0.00489. The molecule has 3 aromatic rings. The Balaban J connectivity index is 1.53. The number of piperazine rings is 1. The zero-order valence-corrected chi connectivity index (χ0v) is 19.0. The van der Waals surface area contributed by atoms with Gasteiger partial charge in [-0.2, -0.15) is 0 Å². The largest absolute Gasteiger partial charge is 0.382 e. The van der Waals surface area contributed by atoms with E-state index in [2.05, 4.69) is 27.2 Å². The number of rotatable bonds is 8. The molecule has 0 aliphatic carbocycles. The quantitative estimate of drug-likeness (QED) is 0.496. The summed E-state index contributed by atoms with van der Waals surface area (Å²) >= 11 is 6.16. The van der Waals surface area contributed by atoms with Gasteiger partial charge in [0.25, 0.3) is 5.91 Å². The van der Waals surface area contributed by atoms with Crippen LogP contribution in [0.3, 0.4) is 0 Å². The first-order valence-corrected chi connectivity index (χ1v) is 11.4. The fourth-order valence-corrected chi connectivity index (χ4v) is 4.40. The number of amides is 1. The van der Waals surface area contributed by atoms with Crippen LogP contribution in [0.15, 0.2) is 78.9 Å². The summed E-state index contributed by atoms with van der Waals surface area (Å²) in [6, 6.07) is 24.0. The minimum atomic E-state index is -0.507. The number of carbonyl (C=O) groups is 2. The van der Waals surface area contributed by atoms with Gasteiger partial charge in [0.2, 0.25) is 0 Å². The van der Waals surface area contributed by atoms with E-state index in [1.165, 1.54) is 5.69 Å². The van der Waals surface area contributed by atoms with Gasteiger partial charge in [-0.05, 0) is 36.4 Å². The molecule has 0 saturated carbocycles. The highest BCUT2D eigenvalue weighted by molar-refractivity contribution is 6.31. The van der Waals surface area contributed by atoms with Gasteiger partial charge >= 0.3 is 0 Å². The maximum absolute atomic E-state index is 13.5. The summed E-state index contributed by atoms with van der Waals surface area (Å²) < 4.78 is 0. The van der Waals surface area contributed by atoms with Crippen molar-refractivity contribution in [3.8, 4) is 0 Å². The fourth-order valence-electron chi connectivity index (χ4n) is 4.21. The standard InChI is InChI=1S/C26H27ClN4O2/c27-20-8-6-7-19(17-20)25(32)24(18-29-23-12-5-4-11-22(23)26(28)33)31-15-13-30(14-16-31)21-9-2-1-3-10-21/h1-12,17,24,29H,13-16,18H2,(H2,28,33). The molecule has 0 bridgehead atoms. The molecule has 0 spiro atoms. The van der Waals surface area contributed by atoms with Gasteiger partial charge < -0.3 is 16.0 Å². The molecule has 1 unspecified atom stereocenters. The number of primary amides is 1. The second-order valence-electron chi connectivity index (χ2n) is 8.04. The van der Waals surface area contributed by atoms with Crippen molar-refractivity contribution in [3.05, 3.63) is 95.0 Å². The molecular formula is C26H27ClN4O2. The number of anilines is 2. The third-order valence-corrected chi connectivity index (χ3v) is 6.20. The first-order valence-electron chi connectivity index (χ1n) is 11.0. The predicted octanol–water partition coefficient (Wildman–Crippen LogP) is 3.92. The van der Waals surface area contributed by atoms with E-state index >= 15 is 0 Å². The first-order chi connectivity index (χ1) is 16.0. The summed E-state index contributed by atoms with van der Waals surface area (Å²) in [5, 5.41) is 3.82. The van der Waals surface area contributed by atoms with E-state index < -0.39 is 11.9 Å². The number of ketones is 1. The second kappa shape index (κ2) is 10.5. The van der Waals surface area contributed by atoms with Crippen LogP contribution in [0.25, 0.3) is 0 Å². The van der Waals surface area contributed by atoms with Gasteiger partial charge in [-0.25, -0.2) is 0 Å². The molecule has 4 rings (SSSR count). The van der Waals surface area contributed by atoms with Gasteiger partial charge in [0.1, 0.15) is 0 Å². The number of halogens is 1. The fraction of sp³-hybridized carbons (Fsp3) is 0.231. The Morgan fingerprint density at radius 1 is 0.909 bits per heavy atom. The minimum Gasteiger partial charge on any atom is -0.382 e. The van der Waals surface area contributed by atoms with Gasteiger partial charge in [0.15, 0.2) is 5.78 Å². The van der Waals surface area contributed by atoms with Crippen molar-refractivity contribution >= 4 is 34.7 Å². The molecule has 1 fully saturated rings. The zero-order valence-electron chi connectivity index (χ0n) is 18.3. The normalized spacial score (nSPS) is 15.1. The lowest BCUT2D eigenvalue weighted by Crippen LogP contribution is -2.55. The third kappa shape index (κ3) is 5.53. The Labute approximate surface area is 198 Å². The second-order valence-corrected chi connectivity index (χ2v) is 8.48. The number of benzene rings is 3. The molecule has 0 aromatic heterocycles. The smallest absolute Gasteiger partial charge is 0.250 e. The van der Waals surface area contributed by atoms with E-state index in [0.717, 1.165) is 26.2 Å². The molecule has 1 amide bonds. The Morgan fingerprint density at radius 3 is 2.30 bits per heavy atom. The summed E-state index contributed by atoms with van der Waals surface area (Å²) in [6.07, 6.45) is 0. The highest BCUT2D eigenvalue weighted by Gasteiger charge is 2.30. The molecule has 7 heteroatoms. The molecule has 3 N–H and O–H groups in total. The van der Waals surface area contributed by atoms with Crippen molar-refractivity contribution in [2.45, 2.75) is 6.04 Å². The summed E-state index contributed by atoms with van der Waals surface area (Å²) in [4.78, 5) is 29.9. The molecule has 1 atom stereocenters. The van der Waals surface area contributed by atoms with Crippen LogP contribution in [0.5, 0.6) is 0 Å². The van der Waals surface area contributed by atoms with E-state index in [0.29, 0.717) is 28.4 Å². The average Bonchev–Trinajstić information content (AvgIpc) is 2.85. The van der Waals surface area contributed by atoms with Crippen molar-refractivity contribution in [2.24, 2.45) is 5.73 Å². The lowest BCUT2D eigenvalue weighted by Gasteiger charge is -2.40. The maximum Gasteiger partial charge on any atom is 0.250 e. The Morgan fingerprint density at radius 2 is 1.61 bits per heavy atom. The van der Waals surface area contributed by atoms with E-state index in [1.807, 2.05) is 24.3 Å². The molecule has 1 heterocycles. The molecular weight excluding hydrogens is 436 g/mol. The van der Waals surface area contributed by atoms with Crippen LogP contribution >= 0.6 is 11.6 Å². The Kier molecular flexibility index (Phi) is 7.27. The average molecular weight is 463 g/mol. The van der Waals surface area contributed by atoms with Crippen LogP contribution in [0.1, 0.15) is 20.7 Å². The van der Waals surface area contributed by atoms with Gasteiger partial charge in [0.05, 0.1) is 11.6 Å². The number of hydrogen-bond donors (Lipinski definition) is 2. The highest BCUT2D eigenvalue weighted by Crippen LogP contribution is 2.21. The third-order valence-electron chi connectivity index (χ3n) is 5.97. The van der Waals surface area contributed by atoms with E-state index in [1.54, 1.807) is 42.5 Å². The van der Waals surface area contributed by atoms with E-state index in [4.69, 9.17) is 17.3 Å². The number of hydrogen-bond acceptors (Lipinski definition) is 5. The van der Waals surface area contributed by atoms with Gasteiger partial charge in [-0.1, -0.05) is 54.1 Å². The molecule has 3 aromatic carbocycles. The van der Waals surface area contributed by atoms with Crippen LogP contribution in [0.4, 0.5) is 11.4 Å². The summed E-state index contributed by atoms with van der Waals surface area (Å²) in [7, 11) is 0. The molecule has 1 aliphatic heterocycles. The summed E-state index contributed by atoms with van der Waals surface area (Å²) in [5.41, 5.74) is 8.31. The lowest BCUT2D eigenvalue weighted by molar-refractivity contribution is 0.0822. The molecule has 33 heavy (non-hydrogen) atoms. The molecule has 6 nitrogen and oxygen atoms in total. The Hall–Kier alpha value is -3.35. The molecule has 1 aliphatic rings. The van der Waals surface area contributed by atoms with Gasteiger partial charge in [-0.15, -0.1) is 0 Å². The van der Waals surface area contributed by atoms with Crippen LogP contribution in [-0.2, 0) is 0 Å². The predicted molar refractivity (Wildman–Crippen MR) is 133 cm³/mol. The number of Topliss-reactive ketones (excluding diaryl/α,β-unsaturated/α-hetero) is 1. The van der Waals surface area contributed by atoms with Crippen LogP contribution < -0.4 is 16.0 Å². The highest BCUT2D eigenvalue weighted by atomic mass is 35.5. The topological polar surface area (TPSA) is 78.7 Å². The zero-order chi connectivity index (χ0) is 23.2. The van der Waals surface area contributed by atoms with Gasteiger partial charge in [-0.3, -0.25) is 14.5 Å². The number of para-hydroxylation sites is 2. The Bertz CT molecular complexity index is 1110. The number of nitrogens with one attached hydrogen (secondary N) is 1. The number of nitrogens with two attached hydrogens (primary N) is 1. The number of carbonyl (C=O) groups excluding carboxylic acids is 2. The van der Waals surface area contributed by atoms with E-state index in [9.17, 15) is 9.59 Å². The first kappa shape index (κ1) is 22.8. The van der Waals surface area contributed by atoms with Crippen molar-refractivity contribution in [1.82, 2.24) is 4.90 Å². The molecule has 0 radical (unpaired) electrons. The molecule has 170 valence electrons. The summed E-state index contributed by atoms with van der Waals surface area (Å²) in [5.74, 6) is -0.512. The monoisotopic (exact) mass is 462 g/mol. The molecule has 1 saturated heterocycles.